The molecule has 1 aromatic heterocycles. The number of halogens is 4. The van der Waals surface area contributed by atoms with Gasteiger partial charge in [-0.25, -0.2) is 8.42 Å². The van der Waals surface area contributed by atoms with Gasteiger partial charge in [0.1, 0.15) is 10.7 Å². The van der Waals surface area contributed by atoms with Gasteiger partial charge in [0.25, 0.3) is 0 Å². The van der Waals surface area contributed by atoms with Crippen molar-refractivity contribution in [1.29, 1.82) is 0 Å². The van der Waals surface area contributed by atoms with E-state index in [0.29, 0.717) is 0 Å². The first-order chi connectivity index (χ1) is 9.66. The van der Waals surface area contributed by atoms with Crippen molar-refractivity contribution >= 4 is 26.0 Å². The van der Waals surface area contributed by atoms with Crippen LogP contribution < -0.4 is 5.73 Å². The fraction of sp³-hybridized carbons (Fsp3) is 0.455. The van der Waals surface area contributed by atoms with Crippen LogP contribution in [0.25, 0.3) is 0 Å². The molecule has 0 spiro atoms. The van der Waals surface area contributed by atoms with Crippen molar-refractivity contribution in [1.82, 2.24) is 4.31 Å². The summed E-state index contributed by atoms with van der Waals surface area (Å²) in [5.41, 5.74) is 4.66. The van der Waals surface area contributed by atoms with Gasteiger partial charge in [0.2, 0.25) is 10.0 Å². The smallest absolute Gasteiger partial charge is 0.412 e. The normalized spacial score (nSPS) is 17.9. The highest BCUT2D eigenvalue weighted by Gasteiger charge is 2.38. The van der Waals surface area contributed by atoms with Crippen molar-refractivity contribution in [3.63, 3.8) is 0 Å². The minimum absolute atomic E-state index is 0.00597. The summed E-state index contributed by atoms with van der Waals surface area (Å²) in [5.74, 6) is 0.268. The predicted octanol–water partition coefficient (Wildman–Crippen LogP) is 2.38. The lowest BCUT2D eigenvalue weighted by Gasteiger charge is -2.26. The summed E-state index contributed by atoms with van der Waals surface area (Å²) in [6, 6.07) is 1.27. The Bertz CT molecular complexity index is 667. The minimum Gasteiger partial charge on any atom is -0.452 e. The number of hydrogen-bond acceptors (Lipinski definition) is 4. The fourth-order valence-corrected chi connectivity index (χ4v) is 4.28. The SMILES string of the molecule is NCc1cc(S(=O)(=O)N2CC=C(C(F)(F)F)CC2)c(Br)o1. The lowest BCUT2D eigenvalue weighted by Crippen LogP contribution is -2.36. The third-order valence-electron chi connectivity index (χ3n) is 3.06. The molecule has 0 saturated carbocycles. The number of rotatable bonds is 3. The Hall–Kier alpha value is -0.840. The predicted molar refractivity (Wildman–Crippen MR) is 71.8 cm³/mol. The molecule has 0 aliphatic carbocycles. The Morgan fingerprint density at radius 1 is 1.43 bits per heavy atom. The van der Waals surface area contributed by atoms with E-state index in [2.05, 4.69) is 15.9 Å². The average molecular weight is 389 g/mol. The summed E-state index contributed by atoms with van der Waals surface area (Å²) < 4.78 is 68.4. The highest BCUT2D eigenvalue weighted by Crippen LogP contribution is 2.33. The van der Waals surface area contributed by atoms with Gasteiger partial charge in [-0.05, 0) is 22.4 Å². The van der Waals surface area contributed by atoms with Crippen LogP contribution in [-0.2, 0) is 16.6 Å². The molecule has 0 bridgehead atoms. The summed E-state index contributed by atoms with van der Waals surface area (Å²) in [5, 5.41) is 0. The third kappa shape index (κ3) is 3.33. The van der Waals surface area contributed by atoms with E-state index >= 15 is 0 Å². The van der Waals surface area contributed by atoms with E-state index in [0.717, 1.165) is 10.4 Å². The zero-order valence-corrected chi connectivity index (χ0v) is 13.1. The zero-order valence-electron chi connectivity index (χ0n) is 10.7. The standard InChI is InChI=1S/C11H12BrF3N2O3S/c12-10-9(5-8(6-16)20-10)21(18,19)17-3-1-7(2-4-17)11(13,14)15/h1,5H,2-4,6,16H2. The van der Waals surface area contributed by atoms with E-state index in [-0.39, 0.29) is 41.4 Å². The first-order valence-corrected chi connectivity index (χ1v) is 8.14. The molecule has 0 amide bonds. The molecule has 5 nitrogen and oxygen atoms in total. The quantitative estimate of drug-likeness (QED) is 0.806. The number of sulfonamides is 1. The highest BCUT2D eigenvalue weighted by atomic mass is 79.9. The van der Waals surface area contributed by atoms with Crippen LogP contribution in [0.4, 0.5) is 13.2 Å². The molecule has 0 saturated heterocycles. The van der Waals surface area contributed by atoms with Crippen molar-refractivity contribution in [2.45, 2.75) is 24.0 Å². The number of nitrogens with two attached hydrogens (primary N) is 1. The van der Waals surface area contributed by atoms with Crippen LogP contribution in [-0.4, -0.2) is 32.0 Å². The molecule has 1 aliphatic rings. The summed E-state index contributed by atoms with van der Waals surface area (Å²) in [4.78, 5) is -0.133. The molecule has 2 heterocycles. The van der Waals surface area contributed by atoms with Crippen molar-refractivity contribution < 1.29 is 26.0 Å². The van der Waals surface area contributed by atoms with Crippen molar-refractivity contribution in [2.24, 2.45) is 5.73 Å². The molecule has 0 radical (unpaired) electrons. The van der Waals surface area contributed by atoms with Crippen LogP contribution in [0.3, 0.4) is 0 Å². The van der Waals surface area contributed by atoms with Gasteiger partial charge in [0.15, 0.2) is 4.67 Å². The third-order valence-corrected chi connectivity index (χ3v) is 5.78. The summed E-state index contributed by atoms with van der Waals surface area (Å²) >= 11 is 2.98. The molecule has 2 rings (SSSR count). The number of nitrogens with zero attached hydrogens (tertiary/aromatic N) is 1. The maximum Gasteiger partial charge on any atom is 0.412 e. The molecule has 1 aliphatic heterocycles. The number of alkyl halides is 3. The first-order valence-electron chi connectivity index (χ1n) is 5.91. The maximum atomic E-state index is 12.5. The van der Waals surface area contributed by atoms with E-state index < -0.39 is 21.8 Å². The molecule has 1 aromatic rings. The van der Waals surface area contributed by atoms with Crippen LogP contribution in [0.5, 0.6) is 0 Å². The van der Waals surface area contributed by atoms with Gasteiger partial charge >= 0.3 is 6.18 Å². The van der Waals surface area contributed by atoms with Crippen LogP contribution in [0, 0.1) is 0 Å². The average Bonchev–Trinajstić information content (AvgIpc) is 2.80. The van der Waals surface area contributed by atoms with Crippen LogP contribution in [0.2, 0.25) is 0 Å². The Kier molecular flexibility index (Phi) is 4.52. The first kappa shape index (κ1) is 16.5. The van der Waals surface area contributed by atoms with Crippen molar-refractivity contribution in [3.05, 3.63) is 28.1 Å². The number of hydrogen-bond donors (Lipinski definition) is 1. The molecule has 0 atom stereocenters. The van der Waals surface area contributed by atoms with E-state index in [1.807, 2.05) is 0 Å². The number of furan rings is 1. The van der Waals surface area contributed by atoms with Crippen LogP contribution in [0.15, 0.2) is 31.7 Å². The molecule has 2 N–H and O–H groups in total. The molecule has 118 valence electrons. The van der Waals surface area contributed by atoms with Gasteiger partial charge in [0, 0.05) is 24.7 Å². The van der Waals surface area contributed by atoms with E-state index in [4.69, 9.17) is 10.2 Å². The van der Waals surface area contributed by atoms with Crippen molar-refractivity contribution in [2.75, 3.05) is 13.1 Å². The highest BCUT2D eigenvalue weighted by molar-refractivity contribution is 9.10. The van der Waals surface area contributed by atoms with E-state index in [1.165, 1.54) is 6.07 Å². The molecule has 0 unspecified atom stereocenters. The molecule has 21 heavy (non-hydrogen) atoms. The zero-order chi connectivity index (χ0) is 15.8. The maximum absolute atomic E-state index is 12.5. The minimum atomic E-state index is -4.42. The second-order valence-electron chi connectivity index (χ2n) is 4.39. The summed E-state index contributed by atoms with van der Waals surface area (Å²) in [6.45, 7) is -0.539. The molecular weight excluding hydrogens is 377 g/mol. The lowest BCUT2D eigenvalue weighted by molar-refractivity contribution is -0.0953. The molecular formula is C11H12BrF3N2O3S. The van der Waals surface area contributed by atoms with Gasteiger partial charge in [-0.2, -0.15) is 17.5 Å². The monoisotopic (exact) mass is 388 g/mol. The molecule has 0 aromatic carbocycles. The van der Waals surface area contributed by atoms with Crippen LogP contribution >= 0.6 is 15.9 Å². The fourth-order valence-electron chi connectivity index (χ4n) is 1.94. The Balaban J connectivity index is 2.26. The molecule has 10 heteroatoms. The van der Waals surface area contributed by atoms with Gasteiger partial charge in [0.05, 0.1) is 6.54 Å². The summed E-state index contributed by atoms with van der Waals surface area (Å²) in [6.07, 6.45) is -3.90. The lowest BCUT2D eigenvalue weighted by atomic mass is 10.1. The van der Waals surface area contributed by atoms with Crippen molar-refractivity contribution in [3.8, 4) is 0 Å². The Morgan fingerprint density at radius 2 is 2.10 bits per heavy atom. The largest absolute Gasteiger partial charge is 0.452 e. The van der Waals surface area contributed by atoms with Gasteiger partial charge < -0.3 is 10.2 Å². The van der Waals surface area contributed by atoms with E-state index in [9.17, 15) is 21.6 Å². The topological polar surface area (TPSA) is 76.5 Å². The Labute approximate surface area is 127 Å². The summed E-state index contributed by atoms with van der Waals surface area (Å²) in [7, 11) is -3.93. The van der Waals surface area contributed by atoms with Gasteiger partial charge in [-0.15, -0.1) is 0 Å². The van der Waals surface area contributed by atoms with Gasteiger partial charge in [-0.3, -0.25) is 0 Å². The molecule has 0 fully saturated rings. The second kappa shape index (κ2) is 5.75. The van der Waals surface area contributed by atoms with E-state index in [1.54, 1.807) is 0 Å². The Morgan fingerprint density at radius 3 is 2.52 bits per heavy atom. The van der Waals surface area contributed by atoms with Gasteiger partial charge in [-0.1, -0.05) is 6.08 Å². The second-order valence-corrected chi connectivity index (χ2v) is 7.02. The van der Waals surface area contributed by atoms with Crippen LogP contribution in [0.1, 0.15) is 12.2 Å².